The maximum absolute atomic E-state index is 14.2. The molecule has 5 rings (SSSR count). The van der Waals surface area contributed by atoms with Crippen molar-refractivity contribution < 1.29 is 24.2 Å². The Morgan fingerprint density at radius 1 is 1.02 bits per heavy atom. The van der Waals surface area contributed by atoms with E-state index < -0.39 is 5.97 Å². The topological polar surface area (TPSA) is 105 Å². The summed E-state index contributed by atoms with van der Waals surface area (Å²) in [6, 6.07) is 15.4. The van der Waals surface area contributed by atoms with Crippen LogP contribution in [0.3, 0.4) is 0 Å². The Morgan fingerprint density at radius 2 is 1.80 bits per heavy atom. The highest BCUT2D eigenvalue weighted by atomic mass is 16.5. The molecule has 1 aromatic carbocycles. The first-order chi connectivity index (χ1) is 21.6. The number of hydrogen-bond acceptors (Lipinski definition) is 7. The van der Waals surface area contributed by atoms with Crippen molar-refractivity contribution in [1.29, 1.82) is 0 Å². The predicted molar refractivity (Wildman–Crippen MR) is 174 cm³/mol. The lowest BCUT2D eigenvalue weighted by molar-refractivity contribution is -0.137. The molecule has 9 nitrogen and oxygen atoms in total. The van der Waals surface area contributed by atoms with Gasteiger partial charge in [0.25, 0.3) is 5.91 Å². The average Bonchev–Trinajstić information content (AvgIpc) is 3.87. The molecule has 2 fully saturated rings. The minimum atomic E-state index is -0.769. The largest absolute Gasteiger partial charge is 0.497 e. The number of methoxy groups -OCH3 is 1. The second kappa shape index (κ2) is 14.3. The van der Waals surface area contributed by atoms with Gasteiger partial charge in [-0.3, -0.25) is 14.6 Å². The zero-order valence-electron chi connectivity index (χ0n) is 26.9. The van der Waals surface area contributed by atoms with Gasteiger partial charge in [-0.1, -0.05) is 26.8 Å². The number of ether oxygens (including phenoxy) is 2. The van der Waals surface area contributed by atoms with Gasteiger partial charge in [-0.05, 0) is 84.7 Å². The van der Waals surface area contributed by atoms with Gasteiger partial charge in [0.1, 0.15) is 5.75 Å². The molecule has 1 aliphatic heterocycles. The van der Waals surface area contributed by atoms with Gasteiger partial charge in [0.2, 0.25) is 5.88 Å². The van der Waals surface area contributed by atoms with Crippen LogP contribution in [0.1, 0.15) is 80.4 Å². The number of benzene rings is 1. The Balaban J connectivity index is 1.25. The molecule has 1 saturated carbocycles. The van der Waals surface area contributed by atoms with Crippen LogP contribution in [-0.4, -0.2) is 65.2 Å². The Kier molecular flexibility index (Phi) is 10.3. The van der Waals surface area contributed by atoms with Crippen molar-refractivity contribution in [3.05, 3.63) is 77.7 Å². The lowest BCUT2D eigenvalue weighted by Gasteiger charge is -2.36. The molecular formula is C36H46N4O5. The maximum Gasteiger partial charge on any atom is 0.303 e. The standard InChI is InChI=1S/C36H46N4O5/c1-36(2,3)24-40(22-28-7-5-6-15-37-28)35(43)30-11-10-29(44-4)20-32(30)39-17-13-25(14-18-39)23-45-33-19-27(12-16-38-33)31(21-34(41)42)26-8-9-26/h5-7,10-12,15-16,19-20,25-26,31H,8-9,13-14,17-18,21-24H2,1-4H3,(H,41,42). The van der Waals surface area contributed by atoms with E-state index in [1.807, 2.05) is 53.4 Å². The number of pyridine rings is 2. The Hall–Kier alpha value is -4.14. The summed E-state index contributed by atoms with van der Waals surface area (Å²) in [5, 5.41) is 9.40. The fourth-order valence-electron chi connectivity index (χ4n) is 6.23. The van der Waals surface area contributed by atoms with Crippen molar-refractivity contribution in [2.24, 2.45) is 17.3 Å². The molecule has 2 aromatic heterocycles. The number of rotatable bonds is 13. The minimum absolute atomic E-state index is 0.0131. The second-order valence-electron chi connectivity index (χ2n) is 13.6. The number of carbonyl (C=O) groups excluding carboxylic acids is 1. The first-order valence-electron chi connectivity index (χ1n) is 16.0. The summed E-state index contributed by atoms with van der Waals surface area (Å²) in [5.74, 6) is 1.28. The number of nitrogens with zero attached hydrogens (tertiary/aromatic N) is 4. The van der Waals surface area contributed by atoms with Crippen molar-refractivity contribution in [1.82, 2.24) is 14.9 Å². The third-order valence-corrected chi connectivity index (χ3v) is 8.66. The van der Waals surface area contributed by atoms with Crippen molar-refractivity contribution >= 4 is 17.6 Å². The van der Waals surface area contributed by atoms with Crippen LogP contribution in [0, 0.1) is 17.3 Å². The van der Waals surface area contributed by atoms with Gasteiger partial charge in [0, 0.05) is 44.2 Å². The molecular weight excluding hydrogens is 568 g/mol. The summed E-state index contributed by atoms with van der Waals surface area (Å²) >= 11 is 0. The van der Waals surface area contributed by atoms with Crippen molar-refractivity contribution in [2.75, 3.05) is 38.3 Å². The van der Waals surface area contributed by atoms with Gasteiger partial charge in [-0.15, -0.1) is 0 Å². The monoisotopic (exact) mass is 614 g/mol. The smallest absolute Gasteiger partial charge is 0.303 e. The summed E-state index contributed by atoms with van der Waals surface area (Å²) in [6.07, 6.45) is 7.60. The zero-order valence-corrected chi connectivity index (χ0v) is 26.9. The average molecular weight is 615 g/mol. The summed E-state index contributed by atoms with van der Waals surface area (Å²) < 4.78 is 11.7. The number of amides is 1. The number of hydrogen-bond donors (Lipinski definition) is 1. The molecule has 1 aliphatic carbocycles. The molecule has 9 heteroatoms. The van der Waals surface area contributed by atoms with Gasteiger partial charge in [-0.2, -0.15) is 0 Å². The molecule has 0 spiro atoms. The van der Waals surface area contributed by atoms with Gasteiger partial charge < -0.3 is 24.4 Å². The van der Waals surface area contributed by atoms with Crippen LogP contribution in [0.25, 0.3) is 0 Å². The molecule has 1 atom stereocenters. The Morgan fingerprint density at radius 3 is 2.44 bits per heavy atom. The van der Waals surface area contributed by atoms with E-state index in [-0.39, 0.29) is 23.7 Å². The maximum atomic E-state index is 14.2. The van der Waals surface area contributed by atoms with Gasteiger partial charge in [0.15, 0.2) is 0 Å². The summed E-state index contributed by atoms with van der Waals surface area (Å²) in [6.45, 7) is 9.58. The Labute approximate surface area is 266 Å². The van der Waals surface area contributed by atoms with Crippen LogP contribution in [-0.2, 0) is 11.3 Å². The molecule has 240 valence electrons. The summed E-state index contributed by atoms with van der Waals surface area (Å²) in [5.41, 5.74) is 3.32. The molecule has 1 N–H and O–H groups in total. The highest BCUT2D eigenvalue weighted by Crippen LogP contribution is 2.45. The fourth-order valence-corrected chi connectivity index (χ4v) is 6.23. The van der Waals surface area contributed by atoms with Gasteiger partial charge >= 0.3 is 5.97 Å². The number of carboxylic acids is 1. The highest BCUT2D eigenvalue weighted by molar-refractivity contribution is 6.00. The number of aliphatic carboxylic acids is 1. The molecule has 3 aromatic rings. The molecule has 1 unspecified atom stereocenters. The van der Waals surface area contributed by atoms with Crippen LogP contribution < -0.4 is 14.4 Å². The number of anilines is 1. The van der Waals surface area contributed by atoms with Crippen molar-refractivity contribution in [3.63, 3.8) is 0 Å². The fraction of sp³-hybridized carbons (Fsp3) is 0.500. The van der Waals surface area contributed by atoms with Crippen LogP contribution in [0.4, 0.5) is 5.69 Å². The van der Waals surface area contributed by atoms with Gasteiger partial charge in [0.05, 0.1) is 43.6 Å². The van der Waals surface area contributed by atoms with Crippen molar-refractivity contribution in [2.45, 2.75) is 65.3 Å². The SMILES string of the molecule is COc1ccc(C(=O)N(Cc2ccccn2)CC(C)(C)C)c(N2CCC(COc3cc(C(CC(=O)O)C4CC4)ccn3)CC2)c1. The van der Waals surface area contributed by atoms with E-state index in [4.69, 9.17) is 9.47 Å². The van der Waals surface area contributed by atoms with Crippen LogP contribution in [0.15, 0.2) is 60.9 Å². The molecule has 0 bridgehead atoms. The third-order valence-electron chi connectivity index (χ3n) is 8.66. The van der Waals surface area contributed by atoms with E-state index >= 15 is 0 Å². The summed E-state index contributed by atoms with van der Waals surface area (Å²) in [7, 11) is 1.65. The third kappa shape index (κ3) is 8.96. The summed E-state index contributed by atoms with van der Waals surface area (Å²) in [4.78, 5) is 38.7. The molecule has 3 heterocycles. The van der Waals surface area contributed by atoms with Crippen LogP contribution >= 0.6 is 0 Å². The van der Waals surface area contributed by atoms with Crippen LogP contribution in [0.2, 0.25) is 0 Å². The second-order valence-corrected chi connectivity index (χ2v) is 13.6. The van der Waals surface area contributed by atoms with Crippen molar-refractivity contribution in [3.8, 4) is 11.6 Å². The van der Waals surface area contributed by atoms with E-state index in [1.54, 1.807) is 19.5 Å². The molecule has 2 aliphatic rings. The quantitative estimate of drug-likeness (QED) is 0.235. The lowest BCUT2D eigenvalue weighted by atomic mass is 9.92. The molecule has 45 heavy (non-hydrogen) atoms. The van der Waals surface area contributed by atoms with E-state index in [9.17, 15) is 14.7 Å². The lowest BCUT2D eigenvalue weighted by Crippen LogP contribution is -2.40. The Bertz CT molecular complexity index is 1450. The van der Waals surface area contributed by atoms with E-state index in [0.717, 1.165) is 61.5 Å². The molecule has 1 saturated heterocycles. The minimum Gasteiger partial charge on any atom is -0.497 e. The number of aromatic nitrogens is 2. The highest BCUT2D eigenvalue weighted by Gasteiger charge is 2.34. The number of carbonyl (C=O) groups is 2. The molecule has 0 radical (unpaired) electrons. The number of piperidine rings is 1. The first kappa shape index (κ1) is 32.3. The predicted octanol–water partition coefficient (Wildman–Crippen LogP) is 6.44. The normalized spacial score (nSPS) is 16.2. The van der Waals surface area contributed by atoms with Crippen LogP contribution in [0.5, 0.6) is 11.6 Å². The van der Waals surface area contributed by atoms with E-state index in [0.29, 0.717) is 43.0 Å². The first-order valence-corrected chi connectivity index (χ1v) is 16.0. The zero-order chi connectivity index (χ0) is 32.0. The van der Waals surface area contributed by atoms with E-state index in [1.165, 1.54) is 0 Å². The molecule has 1 amide bonds. The van der Waals surface area contributed by atoms with Gasteiger partial charge in [-0.25, -0.2) is 4.98 Å². The number of carboxylic acid groups (broad SMARTS) is 1. The van der Waals surface area contributed by atoms with E-state index in [2.05, 4.69) is 35.6 Å².